The molecule has 1 aliphatic rings. The molecule has 2 N–H and O–H groups in total. The van der Waals surface area contributed by atoms with Crippen molar-refractivity contribution >= 4 is 12.6 Å². The second kappa shape index (κ2) is 5.21. The Labute approximate surface area is 103 Å². The molecule has 0 spiro atoms. The SMILES string of the molecule is CC1CC(C)N(Cc2cccc(B(O)O)c2)C1. The second-order valence-corrected chi connectivity index (χ2v) is 5.24. The third kappa shape index (κ3) is 3.09. The van der Waals surface area contributed by atoms with Gasteiger partial charge in [-0.15, -0.1) is 0 Å². The Morgan fingerprint density at radius 1 is 1.35 bits per heavy atom. The fourth-order valence-corrected chi connectivity index (χ4v) is 2.69. The van der Waals surface area contributed by atoms with Crippen molar-refractivity contribution in [2.75, 3.05) is 6.54 Å². The van der Waals surface area contributed by atoms with Gasteiger partial charge in [0.05, 0.1) is 0 Å². The highest BCUT2D eigenvalue weighted by Gasteiger charge is 2.25. The molecule has 3 nitrogen and oxygen atoms in total. The first-order chi connectivity index (χ1) is 8.06. The molecule has 92 valence electrons. The summed E-state index contributed by atoms with van der Waals surface area (Å²) in [5, 5.41) is 18.3. The number of likely N-dealkylation sites (tertiary alicyclic amines) is 1. The zero-order valence-electron chi connectivity index (χ0n) is 10.5. The fraction of sp³-hybridized carbons (Fsp3) is 0.538. The van der Waals surface area contributed by atoms with Gasteiger partial charge in [-0.25, -0.2) is 0 Å². The lowest BCUT2D eigenvalue weighted by Crippen LogP contribution is -2.31. The van der Waals surface area contributed by atoms with Crippen LogP contribution in [-0.4, -0.2) is 34.7 Å². The molecule has 4 heteroatoms. The maximum atomic E-state index is 9.15. The molecule has 17 heavy (non-hydrogen) atoms. The number of nitrogens with zero attached hydrogens (tertiary/aromatic N) is 1. The molecule has 0 aromatic heterocycles. The lowest BCUT2D eigenvalue weighted by Gasteiger charge is -2.21. The Bertz CT molecular complexity index is 383. The molecule has 1 aliphatic heterocycles. The van der Waals surface area contributed by atoms with Crippen LogP contribution in [0.2, 0.25) is 0 Å². The Hall–Kier alpha value is -0.835. The van der Waals surface area contributed by atoms with E-state index in [-0.39, 0.29) is 0 Å². The highest BCUT2D eigenvalue weighted by atomic mass is 16.4. The van der Waals surface area contributed by atoms with Crippen LogP contribution in [0.15, 0.2) is 24.3 Å². The van der Waals surface area contributed by atoms with Gasteiger partial charge in [-0.05, 0) is 30.3 Å². The van der Waals surface area contributed by atoms with Gasteiger partial charge in [0.1, 0.15) is 0 Å². The molecule has 1 heterocycles. The van der Waals surface area contributed by atoms with Gasteiger partial charge in [0.2, 0.25) is 0 Å². The summed E-state index contributed by atoms with van der Waals surface area (Å²) in [5.41, 5.74) is 1.72. The third-order valence-electron chi connectivity index (χ3n) is 3.55. The van der Waals surface area contributed by atoms with E-state index < -0.39 is 7.12 Å². The van der Waals surface area contributed by atoms with Crippen molar-refractivity contribution in [1.82, 2.24) is 4.90 Å². The van der Waals surface area contributed by atoms with Crippen molar-refractivity contribution in [1.29, 1.82) is 0 Å². The van der Waals surface area contributed by atoms with Gasteiger partial charge in [-0.3, -0.25) is 4.90 Å². The highest BCUT2D eigenvalue weighted by Crippen LogP contribution is 2.23. The van der Waals surface area contributed by atoms with Crippen LogP contribution in [-0.2, 0) is 6.54 Å². The number of hydrogen-bond donors (Lipinski definition) is 2. The summed E-state index contributed by atoms with van der Waals surface area (Å²) >= 11 is 0. The standard InChI is InChI=1S/C13H20BNO2/c1-10-6-11(2)15(8-10)9-12-4-3-5-13(7-12)14(16)17/h3-5,7,10-11,16-17H,6,8-9H2,1-2H3. The van der Waals surface area contributed by atoms with Crippen molar-refractivity contribution in [3.63, 3.8) is 0 Å². The zero-order valence-corrected chi connectivity index (χ0v) is 10.5. The molecule has 1 aromatic carbocycles. The zero-order chi connectivity index (χ0) is 12.4. The van der Waals surface area contributed by atoms with E-state index in [1.165, 1.54) is 6.42 Å². The molecule has 0 amide bonds. The minimum Gasteiger partial charge on any atom is -0.423 e. The summed E-state index contributed by atoms with van der Waals surface area (Å²) < 4.78 is 0. The van der Waals surface area contributed by atoms with Gasteiger partial charge in [0.25, 0.3) is 0 Å². The summed E-state index contributed by atoms with van der Waals surface area (Å²) in [7, 11) is -1.37. The van der Waals surface area contributed by atoms with E-state index in [4.69, 9.17) is 10.0 Å². The van der Waals surface area contributed by atoms with Crippen molar-refractivity contribution < 1.29 is 10.0 Å². The molecule has 1 fully saturated rings. The van der Waals surface area contributed by atoms with Gasteiger partial charge in [0.15, 0.2) is 0 Å². The Kier molecular flexibility index (Phi) is 3.87. The van der Waals surface area contributed by atoms with E-state index in [1.54, 1.807) is 6.07 Å². The monoisotopic (exact) mass is 233 g/mol. The molecular weight excluding hydrogens is 213 g/mol. The normalized spacial score (nSPS) is 25.2. The van der Waals surface area contributed by atoms with Gasteiger partial charge in [-0.2, -0.15) is 0 Å². The number of benzene rings is 1. The van der Waals surface area contributed by atoms with Crippen LogP contribution in [0.4, 0.5) is 0 Å². The summed E-state index contributed by atoms with van der Waals surface area (Å²) in [5.74, 6) is 0.761. The quantitative estimate of drug-likeness (QED) is 0.751. The van der Waals surface area contributed by atoms with Gasteiger partial charge < -0.3 is 10.0 Å². The summed E-state index contributed by atoms with van der Waals surface area (Å²) in [6.07, 6.45) is 1.25. The lowest BCUT2D eigenvalue weighted by molar-refractivity contribution is 0.256. The highest BCUT2D eigenvalue weighted by molar-refractivity contribution is 6.58. The van der Waals surface area contributed by atoms with Gasteiger partial charge >= 0.3 is 7.12 Å². The van der Waals surface area contributed by atoms with Crippen LogP contribution < -0.4 is 5.46 Å². The molecule has 2 atom stereocenters. The van der Waals surface area contributed by atoms with E-state index in [2.05, 4.69) is 18.7 Å². The first kappa shape index (κ1) is 12.6. The first-order valence-corrected chi connectivity index (χ1v) is 6.25. The molecule has 2 unspecified atom stereocenters. The number of hydrogen-bond acceptors (Lipinski definition) is 3. The largest absolute Gasteiger partial charge is 0.488 e. The van der Waals surface area contributed by atoms with E-state index in [9.17, 15) is 0 Å². The van der Waals surface area contributed by atoms with Crippen LogP contribution in [0.3, 0.4) is 0 Å². The third-order valence-corrected chi connectivity index (χ3v) is 3.55. The van der Waals surface area contributed by atoms with E-state index in [1.807, 2.05) is 18.2 Å². The minimum absolute atomic E-state index is 0.572. The molecule has 0 bridgehead atoms. The van der Waals surface area contributed by atoms with E-state index in [0.717, 1.165) is 24.6 Å². The predicted octanol–water partition coefficient (Wildman–Crippen LogP) is 0.597. The average molecular weight is 233 g/mol. The van der Waals surface area contributed by atoms with Crippen molar-refractivity contribution in [3.8, 4) is 0 Å². The lowest BCUT2D eigenvalue weighted by atomic mass is 9.79. The maximum absolute atomic E-state index is 9.15. The number of rotatable bonds is 3. The summed E-state index contributed by atoms with van der Waals surface area (Å²) in [6, 6.07) is 8.16. The Morgan fingerprint density at radius 2 is 2.12 bits per heavy atom. The van der Waals surface area contributed by atoms with Gasteiger partial charge in [-0.1, -0.05) is 31.2 Å². The molecule has 1 saturated heterocycles. The maximum Gasteiger partial charge on any atom is 0.488 e. The summed E-state index contributed by atoms with van der Waals surface area (Å²) in [4.78, 5) is 2.45. The van der Waals surface area contributed by atoms with Crippen molar-refractivity contribution in [3.05, 3.63) is 29.8 Å². The fourth-order valence-electron chi connectivity index (χ4n) is 2.69. The van der Waals surface area contributed by atoms with E-state index in [0.29, 0.717) is 11.5 Å². The van der Waals surface area contributed by atoms with Crippen molar-refractivity contribution in [2.45, 2.75) is 32.9 Å². The molecule has 0 aliphatic carbocycles. The Balaban J connectivity index is 2.06. The second-order valence-electron chi connectivity index (χ2n) is 5.24. The van der Waals surface area contributed by atoms with Crippen molar-refractivity contribution in [2.24, 2.45) is 5.92 Å². The van der Waals surface area contributed by atoms with Crippen LogP contribution in [0.1, 0.15) is 25.8 Å². The molecular formula is C13H20BNO2. The predicted molar refractivity (Wildman–Crippen MR) is 69.9 cm³/mol. The molecule has 0 saturated carbocycles. The minimum atomic E-state index is -1.37. The van der Waals surface area contributed by atoms with Crippen LogP contribution in [0, 0.1) is 5.92 Å². The van der Waals surface area contributed by atoms with Crippen LogP contribution >= 0.6 is 0 Å². The molecule has 0 radical (unpaired) electrons. The smallest absolute Gasteiger partial charge is 0.423 e. The topological polar surface area (TPSA) is 43.7 Å². The first-order valence-electron chi connectivity index (χ1n) is 6.25. The van der Waals surface area contributed by atoms with E-state index >= 15 is 0 Å². The molecule has 1 aromatic rings. The average Bonchev–Trinajstić information content (AvgIpc) is 2.58. The molecule has 2 rings (SSSR count). The van der Waals surface area contributed by atoms with Gasteiger partial charge in [0, 0.05) is 19.1 Å². The van der Waals surface area contributed by atoms with Crippen LogP contribution in [0.25, 0.3) is 0 Å². The van der Waals surface area contributed by atoms with Crippen LogP contribution in [0.5, 0.6) is 0 Å². The Morgan fingerprint density at radius 3 is 2.71 bits per heavy atom. The summed E-state index contributed by atoms with van der Waals surface area (Å²) in [6.45, 7) is 6.57.